The lowest BCUT2D eigenvalue weighted by molar-refractivity contribution is 0.146. The summed E-state index contributed by atoms with van der Waals surface area (Å²) in [6, 6.07) is 0.432. The van der Waals surface area contributed by atoms with Crippen LogP contribution in [0, 0.1) is 11.8 Å². The lowest BCUT2D eigenvalue weighted by atomic mass is 9.95. The second kappa shape index (κ2) is 7.24. The summed E-state index contributed by atoms with van der Waals surface area (Å²) in [4.78, 5) is 2.70. The Morgan fingerprint density at radius 1 is 1.15 bits per heavy atom. The predicted octanol–water partition coefficient (Wildman–Crippen LogP) is 2.64. The van der Waals surface area contributed by atoms with Crippen LogP contribution in [0.4, 0.5) is 0 Å². The Morgan fingerprint density at radius 2 is 1.70 bits per heavy atom. The number of aliphatic hydroxyl groups is 1. The van der Waals surface area contributed by atoms with E-state index in [0.29, 0.717) is 6.04 Å². The predicted molar refractivity (Wildman–Crippen MR) is 84.9 cm³/mol. The molecule has 2 aliphatic carbocycles. The molecule has 0 aromatic rings. The van der Waals surface area contributed by atoms with Gasteiger partial charge in [-0.15, -0.1) is 0 Å². The van der Waals surface area contributed by atoms with E-state index < -0.39 is 0 Å². The Balaban J connectivity index is 1.69. The van der Waals surface area contributed by atoms with Crippen molar-refractivity contribution in [3.05, 3.63) is 0 Å². The Morgan fingerprint density at radius 3 is 2.10 bits per heavy atom. The molecule has 2 aliphatic rings. The standard InChI is InChI=1S/C17H34N2O/c1-14(2)18-17(3,13-20)9-4-10-19(11-15-5-6-15)12-16-7-8-16/h14-16,18,20H,4-13H2,1-3H3. The van der Waals surface area contributed by atoms with E-state index in [1.807, 2.05) is 0 Å². The first-order chi connectivity index (χ1) is 9.50. The number of hydrogen-bond acceptors (Lipinski definition) is 3. The number of nitrogens with zero attached hydrogens (tertiary/aromatic N) is 1. The number of hydrogen-bond donors (Lipinski definition) is 2. The fraction of sp³-hybridized carbons (Fsp3) is 1.00. The summed E-state index contributed by atoms with van der Waals surface area (Å²) < 4.78 is 0. The van der Waals surface area contributed by atoms with Gasteiger partial charge in [-0.05, 0) is 63.8 Å². The fourth-order valence-corrected chi connectivity index (χ4v) is 3.17. The lowest BCUT2D eigenvalue weighted by Gasteiger charge is -2.32. The zero-order valence-corrected chi connectivity index (χ0v) is 13.7. The van der Waals surface area contributed by atoms with E-state index in [-0.39, 0.29) is 12.1 Å². The van der Waals surface area contributed by atoms with Gasteiger partial charge in [0.05, 0.1) is 6.61 Å². The topological polar surface area (TPSA) is 35.5 Å². The largest absolute Gasteiger partial charge is 0.394 e. The first kappa shape index (κ1) is 16.3. The first-order valence-electron chi connectivity index (χ1n) is 8.61. The third-order valence-corrected chi connectivity index (χ3v) is 4.62. The van der Waals surface area contributed by atoms with Gasteiger partial charge in [0.1, 0.15) is 0 Å². The molecule has 0 aliphatic heterocycles. The van der Waals surface area contributed by atoms with E-state index in [9.17, 15) is 5.11 Å². The highest BCUT2D eigenvalue weighted by Crippen LogP contribution is 2.33. The molecule has 0 amide bonds. The molecule has 2 N–H and O–H groups in total. The number of nitrogens with one attached hydrogen (secondary N) is 1. The van der Waals surface area contributed by atoms with Crippen molar-refractivity contribution in [2.45, 2.75) is 70.9 Å². The molecule has 0 radical (unpaired) electrons. The smallest absolute Gasteiger partial charge is 0.0610 e. The SMILES string of the molecule is CC(C)NC(C)(CO)CCCN(CC1CC1)CC1CC1. The molecule has 0 heterocycles. The highest BCUT2D eigenvalue weighted by Gasteiger charge is 2.29. The van der Waals surface area contributed by atoms with Crippen molar-refractivity contribution in [2.24, 2.45) is 11.8 Å². The van der Waals surface area contributed by atoms with Gasteiger partial charge in [-0.25, -0.2) is 0 Å². The van der Waals surface area contributed by atoms with Crippen LogP contribution in [-0.4, -0.2) is 47.8 Å². The normalized spacial score (nSPS) is 22.5. The van der Waals surface area contributed by atoms with Crippen molar-refractivity contribution in [3.8, 4) is 0 Å². The summed E-state index contributed by atoms with van der Waals surface area (Å²) in [6.45, 7) is 10.5. The molecule has 2 rings (SSSR count). The second-order valence-corrected chi connectivity index (χ2v) is 7.77. The van der Waals surface area contributed by atoms with Gasteiger partial charge in [0.25, 0.3) is 0 Å². The first-order valence-corrected chi connectivity index (χ1v) is 8.61. The maximum Gasteiger partial charge on any atom is 0.0610 e. The lowest BCUT2D eigenvalue weighted by Crippen LogP contribution is -2.49. The van der Waals surface area contributed by atoms with E-state index in [1.165, 1.54) is 51.7 Å². The quantitative estimate of drug-likeness (QED) is 0.611. The molecule has 1 atom stereocenters. The van der Waals surface area contributed by atoms with Gasteiger partial charge < -0.3 is 15.3 Å². The van der Waals surface area contributed by atoms with Crippen molar-refractivity contribution < 1.29 is 5.11 Å². The van der Waals surface area contributed by atoms with Crippen LogP contribution in [0.2, 0.25) is 0 Å². The molecule has 3 nitrogen and oxygen atoms in total. The van der Waals surface area contributed by atoms with E-state index in [2.05, 4.69) is 31.0 Å². The van der Waals surface area contributed by atoms with Crippen molar-refractivity contribution in [2.75, 3.05) is 26.2 Å². The average Bonchev–Trinajstić information content (AvgIpc) is 3.24. The van der Waals surface area contributed by atoms with Crippen LogP contribution in [0.1, 0.15) is 59.3 Å². The average molecular weight is 282 g/mol. The van der Waals surface area contributed by atoms with Crippen LogP contribution in [0.5, 0.6) is 0 Å². The molecule has 0 bridgehead atoms. The van der Waals surface area contributed by atoms with Gasteiger partial charge in [-0.2, -0.15) is 0 Å². The summed E-state index contributed by atoms with van der Waals surface area (Å²) in [7, 11) is 0. The zero-order chi connectivity index (χ0) is 14.6. The molecule has 0 aromatic carbocycles. The molecule has 20 heavy (non-hydrogen) atoms. The maximum atomic E-state index is 9.63. The molecule has 3 heteroatoms. The van der Waals surface area contributed by atoms with Crippen LogP contribution in [0.15, 0.2) is 0 Å². The van der Waals surface area contributed by atoms with Gasteiger partial charge in [-0.3, -0.25) is 0 Å². The monoisotopic (exact) mass is 282 g/mol. The molecular formula is C17H34N2O. The Bertz CT molecular complexity index is 273. The van der Waals surface area contributed by atoms with Crippen LogP contribution in [0.25, 0.3) is 0 Å². The fourth-order valence-electron chi connectivity index (χ4n) is 3.17. The third-order valence-electron chi connectivity index (χ3n) is 4.62. The summed E-state index contributed by atoms with van der Waals surface area (Å²) >= 11 is 0. The molecule has 0 saturated heterocycles. The zero-order valence-electron chi connectivity index (χ0n) is 13.7. The molecule has 2 saturated carbocycles. The summed E-state index contributed by atoms with van der Waals surface area (Å²) in [5, 5.41) is 13.2. The van der Waals surface area contributed by atoms with Crippen LogP contribution in [-0.2, 0) is 0 Å². The van der Waals surface area contributed by atoms with E-state index >= 15 is 0 Å². The second-order valence-electron chi connectivity index (χ2n) is 7.77. The minimum atomic E-state index is -0.112. The van der Waals surface area contributed by atoms with E-state index in [4.69, 9.17) is 0 Å². The molecule has 0 spiro atoms. The van der Waals surface area contributed by atoms with Crippen molar-refractivity contribution in [1.29, 1.82) is 0 Å². The van der Waals surface area contributed by atoms with Crippen molar-refractivity contribution in [1.82, 2.24) is 10.2 Å². The minimum absolute atomic E-state index is 0.112. The van der Waals surface area contributed by atoms with Gasteiger partial charge in [-0.1, -0.05) is 13.8 Å². The third kappa shape index (κ3) is 6.11. The Labute approximate surface area is 125 Å². The highest BCUT2D eigenvalue weighted by molar-refractivity contribution is 4.86. The number of rotatable bonds is 11. The molecule has 2 fully saturated rings. The van der Waals surface area contributed by atoms with Gasteiger partial charge in [0, 0.05) is 24.7 Å². The molecule has 118 valence electrons. The van der Waals surface area contributed by atoms with E-state index in [0.717, 1.165) is 18.3 Å². The van der Waals surface area contributed by atoms with Crippen LogP contribution < -0.4 is 5.32 Å². The molecular weight excluding hydrogens is 248 g/mol. The molecule has 0 aromatic heterocycles. The van der Waals surface area contributed by atoms with E-state index in [1.54, 1.807) is 0 Å². The summed E-state index contributed by atoms with van der Waals surface area (Å²) in [6.07, 6.45) is 8.05. The summed E-state index contributed by atoms with van der Waals surface area (Å²) in [5.74, 6) is 1.98. The number of aliphatic hydroxyl groups excluding tert-OH is 1. The Kier molecular flexibility index (Phi) is 5.88. The highest BCUT2D eigenvalue weighted by atomic mass is 16.3. The summed E-state index contributed by atoms with van der Waals surface area (Å²) in [5.41, 5.74) is -0.112. The van der Waals surface area contributed by atoms with Gasteiger partial charge in [0.15, 0.2) is 0 Å². The van der Waals surface area contributed by atoms with Crippen molar-refractivity contribution in [3.63, 3.8) is 0 Å². The van der Waals surface area contributed by atoms with Crippen molar-refractivity contribution >= 4 is 0 Å². The maximum absolute atomic E-state index is 9.63. The van der Waals surface area contributed by atoms with Gasteiger partial charge >= 0.3 is 0 Å². The Hall–Kier alpha value is -0.120. The minimum Gasteiger partial charge on any atom is -0.394 e. The van der Waals surface area contributed by atoms with Gasteiger partial charge in [0.2, 0.25) is 0 Å². The van der Waals surface area contributed by atoms with Crippen LogP contribution >= 0.6 is 0 Å². The molecule has 1 unspecified atom stereocenters. The van der Waals surface area contributed by atoms with Crippen LogP contribution in [0.3, 0.4) is 0 Å².